The molecule has 0 bridgehead atoms. The first kappa shape index (κ1) is 11.2. The van der Waals surface area contributed by atoms with Crippen LogP contribution in [0.5, 0.6) is 0 Å². The summed E-state index contributed by atoms with van der Waals surface area (Å²) in [6.45, 7) is 1.97. The standard InChI is InChI=1S/C14H18O2/c1-10-8-12(9-11-4-3-5-11)6-7-13(10)14(15)16-2/h6-8,11H,3-5,9H2,1-2H3. The molecule has 1 aliphatic carbocycles. The van der Waals surface area contributed by atoms with Crippen LogP contribution in [-0.2, 0) is 11.2 Å². The predicted molar refractivity (Wildman–Crippen MR) is 63.6 cm³/mol. The van der Waals surface area contributed by atoms with Gasteiger partial charge in [0.05, 0.1) is 12.7 Å². The van der Waals surface area contributed by atoms with Crippen LogP contribution in [0.2, 0.25) is 0 Å². The van der Waals surface area contributed by atoms with Crippen LogP contribution in [-0.4, -0.2) is 13.1 Å². The molecule has 1 fully saturated rings. The zero-order valence-corrected chi connectivity index (χ0v) is 9.95. The molecule has 1 aromatic rings. The molecule has 0 aromatic heterocycles. The average molecular weight is 218 g/mol. The van der Waals surface area contributed by atoms with Crippen molar-refractivity contribution in [2.75, 3.05) is 7.11 Å². The SMILES string of the molecule is COC(=O)c1ccc(CC2CCC2)cc1C. The molecule has 16 heavy (non-hydrogen) atoms. The van der Waals surface area contributed by atoms with Crippen molar-refractivity contribution in [3.05, 3.63) is 34.9 Å². The molecule has 2 nitrogen and oxygen atoms in total. The van der Waals surface area contributed by atoms with E-state index in [1.807, 2.05) is 13.0 Å². The second kappa shape index (κ2) is 4.69. The van der Waals surface area contributed by atoms with Gasteiger partial charge in [-0.3, -0.25) is 0 Å². The first-order valence-corrected chi connectivity index (χ1v) is 5.88. The van der Waals surface area contributed by atoms with E-state index in [-0.39, 0.29) is 5.97 Å². The number of hydrogen-bond acceptors (Lipinski definition) is 2. The topological polar surface area (TPSA) is 26.3 Å². The van der Waals surface area contributed by atoms with Crippen LogP contribution < -0.4 is 0 Å². The normalized spacial score (nSPS) is 15.6. The van der Waals surface area contributed by atoms with Crippen molar-refractivity contribution in [3.63, 3.8) is 0 Å². The lowest BCUT2D eigenvalue weighted by molar-refractivity contribution is 0.0600. The molecule has 0 atom stereocenters. The zero-order chi connectivity index (χ0) is 11.5. The van der Waals surface area contributed by atoms with Gasteiger partial charge in [-0.15, -0.1) is 0 Å². The van der Waals surface area contributed by atoms with E-state index in [0.29, 0.717) is 5.56 Å². The van der Waals surface area contributed by atoms with Gasteiger partial charge in [0.25, 0.3) is 0 Å². The van der Waals surface area contributed by atoms with Crippen molar-refractivity contribution >= 4 is 5.97 Å². The summed E-state index contributed by atoms with van der Waals surface area (Å²) in [5, 5.41) is 0. The van der Waals surface area contributed by atoms with Crippen LogP contribution in [0.1, 0.15) is 40.7 Å². The minimum atomic E-state index is -0.243. The predicted octanol–water partition coefficient (Wildman–Crippen LogP) is 3.12. The van der Waals surface area contributed by atoms with E-state index in [1.54, 1.807) is 0 Å². The van der Waals surface area contributed by atoms with E-state index in [4.69, 9.17) is 4.74 Å². The van der Waals surface area contributed by atoms with E-state index in [0.717, 1.165) is 17.9 Å². The summed E-state index contributed by atoms with van der Waals surface area (Å²) >= 11 is 0. The first-order valence-electron chi connectivity index (χ1n) is 5.88. The number of carbonyl (C=O) groups is 1. The lowest BCUT2D eigenvalue weighted by Gasteiger charge is -2.25. The lowest BCUT2D eigenvalue weighted by atomic mass is 9.80. The molecule has 1 aliphatic rings. The Balaban J connectivity index is 2.11. The third-order valence-corrected chi connectivity index (χ3v) is 3.45. The Morgan fingerprint density at radius 1 is 1.44 bits per heavy atom. The minimum absolute atomic E-state index is 0.243. The summed E-state index contributed by atoms with van der Waals surface area (Å²) in [6.07, 6.45) is 5.25. The fourth-order valence-electron chi connectivity index (χ4n) is 2.22. The van der Waals surface area contributed by atoms with Crippen molar-refractivity contribution in [3.8, 4) is 0 Å². The molecule has 2 heteroatoms. The molecule has 0 N–H and O–H groups in total. The maximum atomic E-state index is 11.4. The van der Waals surface area contributed by atoms with Crippen molar-refractivity contribution in [2.45, 2.75) is 32.6 Å². The number of esters is 1. The monoisotopic (exact) mass is 218 g/mol. The maximum absolute atomic E-state index is 11.4. The minimum Gasteiger partial charge on any atom is -0.465 e. The molecule has 0 amide bonds. The summed E-state index contributed by atoms with van der Waals surface area (Å²) < 4.78 is 4.73. The number of benzene rings is 1. The van der Waals surface area contributed by atoms with Crippen molar-refractivity contribution in [2.24, 2.45) is 5.92 Å². The van der Waals surface area contributed by atoms with Gasteiger partial charge < -0.3 is 4.74 Å². The second-order valence-corrected chi connectivity index (χ2v) is 4.64. The highest BCUT2D eigenvalue weighted by Crippen LogP contribution is 2.30. The Morgan fingerprint density at radius 3 is 2.69 bits per heavy atom. The lowest BCUT2D eigenvalue weighted by Crippen LogP contribution is -2.14. The van der Waals surface area contributed by atoms with Crippen LogP contribution in [0.25, 0.3) is 0 Å². The largest absolute Gasteiger partial charge is 0.465 e. The van der Waals surface area contributed by atoms with Gasteiger partial charge in [-0.25, -0.2) is 4.79 Å². The molecule has 0 radical (unpaired) electrons. The summed E-state index contributed by atoms with van der Waals surface area (Å²) in [6, 6.07) is 6.05. The zero-order valence-electron chi connectivity index (χ0n) is 9.95. The third kappa shape index (κ3) is 2.26. The average Bonchev–Trinajstić information content (AvgIpc) is 2.23. The van der Waals surface area contributed by atoms with Crippen LogP contribution in [0.4, 0.5) is 0 Å². The summed E-state index contributed by atoms with van der Waals surface area (Å²) in [4.78, 5) is 11.4. The molecule has 1 aromatic carbocycles. The van der Waals surface area contributed by atoms with Gasteiger partial charge in [-0.2, -0.15) is 0 Å². The van der Waals surface area contributed by atoms with Gasteiger partial charge in [-0.05, 0) is 36.5 Å². The fourth-order valence-corrected chi connectivity index (χ4v) is 2.22. The molecule has 0 unspecified atom stereocenters. The highest BCUT2D eigenvalue weighted by atomic mass is 16.5. The van der Waals surface area contributed by atoms with Gasteiger partial charge in [-0.1, -0.05) is 31.4 Å². The van der Waals surface area contributed by atoms with Gasteiger partial charge in [0.2, 0.25) is 0 Å². The molecular formula is C14H18O2. The molecular weight excluding hydrogens is 200 g/mol. The van der Waals surface area contributed by atoms with E-state index >= 15 is 0 Å². The Hall–Kier alpha value is -1.31. The number of rotatable bonds is 3. The number of ether oxygens (including phenoxy) is 1. The number of methoxy groups -OCH3 is 1. The smallest absolute Gasteiger partial charge is 0.338 e. The number of aryl methyl sites for hydroxylation is 1. The Morgan fingerprint density at radius 2 is 2.19 bits per heavy atom. The Bertz CT molecular complexity index is 392. The Kier molecular flexibility index (Phi) is 3.28. The molecule has 0 aliphatic heterocycles. The molecule has 0 spiro atoms. The second-order valence-electron chi connectivity index (χ2n) is 4.64. The van der Waals surface area contributed by atoms with Crippen LogP contribution in [0, 0.1) is 12.8 Å². The fraction of sp³-hybridized carbons (Fsp3) is 0.500. The van der Waals surface area contributed by atoms with Crippen LogP contribution in [0.3, 0.4) is 0 Å². The van der Waals surface area contributed by atoms with Crippen molar-refractivity contribution < 1.29 is 9.53 Å². The van der Waals surface area contributed by atoms with Gasteiger partial charge >= 0.3 is 5.97 Å². The molecule has 2 rings (SSSR count). The van der Waals surface area contributed by atoms with Crippen molar-refractivity contribution in [1.29, 1.82) is 0 Å². The summed E-state index contributed by atoms with van der Waals surface area (Å²) in [5.41, 5.74) is 3.04. The van der Waals surface area contributed by atoms with Crippen LogP contribution >= 0.6 is 0 Å². The first-order chi connectivity index (χ1) is 7.70. The van der Waals surface area contributed by atoms with E-state index in [1.165, 1.54) is 31.9 Å². The highest BCUT2D eigenvalue weighted by Gasteiger charge is 2.18. The molecule has 0 heterocycles. The third-order valence-electron chi connectivity index (χ3n) is 3.45. The van der Waals surface area contributed by atoms with E-state index in [9.17, 15) is 4.79 Å². The van der Waals surface area contributed by atoms with Gasteiger partial charge in [0.1, 0.15) is 0 Å². The van der Waals surface area contributed by atoms with E-state index < -0.39 is 0 Å². The molecule has 86 valence electrons. The highest BCUT2D eigenvalue weighted by molar-refractivity contribution is 5.90. The molecule has 0 saturated heterocycles. The summed E-state index contributed by atoms with van der Waals surface area (Å²) in [5.74, 6) is 0.621. The van der Waals surface area contributed by atoms with Gasteiger partial charge in [0, 0.05) is 0 Å². The maximum Gasteiger partial charge on any atom is 0.338 e. The van der Waals surface area contributed by atoms with E-state index in [2.05, 4.69) is 12.1 Å². The summed E-state index contributed by atoms with van der Waals surface area (Å²) in [7, 11) is 1.42. The Labute approximate surface area is 96.6 Å². The quantitative estimate of drug-likeness (QED) is 0.729. The number of hydrogen-bond donors (Lipinski definition) is 0. The van der Waals surface area contributed by atoms with Crippen LogP contribution in [0.15, 0.2) is 18.2 Å². The van der Waals surface area contributed by atoms with Crippen molar-refractivity contribution in [1.82, 2.24) is 0 Å². The number of carbonyl (C=O) groups excluding carboxylic acids is 1. The van der Waals surface area contributed by atoms with Gasteiger partial charge in [0.15, 0.2) is 0 Å². The molecule has 1 saturated carbocycles.